The van der Waals surface area contributed by atoms with Crippen LogP contribution >= 0.6 is 39.1 Å². The van der Waals surface area contributed by atoms with Crippen LogP contribution < -0.4 is 4.74 Å². The van der Waals surface area contributed by atoms with E-state index in [1.54, 1.807) is 0 Å². The van der Waals surface area contributed by atoms with Crippen molar-refractivity contribution in [3.8, 4) is 5.75 Å². The third-order valence-corrected chi connectivity index (χ3v) is 2.30. The Hall–Kier alpha value is -0.520. The molecule has 0 spiro atoms. The van der Waals surface area contributed by atoms with E-state index in [9.17, 15) is 10.1 Å². The summed E-state index contributed by atoms with van der Waals surface area (Å²) in [6.07, 6.45) is 0. The summed E-state index contributed by atoms with van der Waals surface area (Å²) in [6.45, 7) is 0. The Bertz CT molecular complexity index is 372. The van der Waals surface area contributed by atoms with Gasteiger partial charge in [-0.1, -0.05) is 23.2 Å². The molecule has 0 atom stereocenters. The molecule has 0 fully saturated rings. The summed E-state index contributed by atoms with van der Waals surface area (Å²) in [4.78, 5) is 10.0. The molecule has 0 unspecified atom stereocenters. The van der Waals surface area contributed by atoms with Crippen LogP contribution in [-0.4, -0.2) is 11.0 Å². The van der Waals surface area contributed by atoms with Gasteiger partial charge in [-0.05, 0) is 22.0 Å². The van der Waals surface area contributed by atoms with Crippen molar-refractivity contribution in [3.05, 3.63) is 31.7 Å². The molecule has 0 aromatic heterocycles. The third-order valence-electron chi connectivity index (χ3n) is 1.38. The van der Waals surface area contributed by atoms with E-state index in [2.05, 4.69) is 15.9 Å². The summed E-state index contributed by atoms with van der Waals surface area (Å²) in [7, 11) is 0. The highest BCUT2D eigenvalue weighted by atomic mass is 79.9. The Labute approximate surface area is 98.0 Å². The van der Waals surface area contributed by atoms with Gasteiger partial charge in [0.1, 0.15) is 0 Å². The monoisotopic (exact) mass is 299 g/mol. The molecule has 0 aliphatic heterocycles. The predicted molar refractivity (Wildman–Crippen MR) is 57.2 cm³/mol. The quantitative estimate of drug-likeness (QED) is 0.487. The molecule has 0 saturated carbocycles. The van der Waals surface area contributed by atoms with Crippen LogP contribution in [0, 0.1) is 10.1 Å². The molecule has 0 aliphatic rings. The lowest BCUT2D eigenvalue weighted by Crippen LogP contribution is -1.97. The summed E-state index contributed by atoms with van der Waals surface area (Å²) >= 11 is 14.1. The Balaban J connectivity index is 3.28. The SMILES string of the molecule is O=[N+]([O-])c1cc(Cl)cc(Br)c1OCCl. The first-order chi connectivity index (χ1) is 6.56. The lowest BCUT2D eigenvalue weighted by Gasteiger charge is -2.05. The Morgan fingerprint density at radius 1 is 1.57 bits per heavy atom. The number of benzene rings is 1. The first-order valence-electron chi connectivity index (χ1n) is 3.38. The summed E-state index contributed by atoms with van der Waals surface area (Å²) in [5.74, 6) is 0.0781. The zero-order valence-electron chi connectivity index (χ0n) is 6.67. The number of nitro groups is 1. The first kappa shape index (κ1) is 11.6. The van der Waals surface area contributed by atoms with Crippen molar-refractivity contribution in [1.82, 2.24) is 0 Å². The Kier molecular flexibility index (Phi) is 3.97. The number of hydrogen-bond donors (Lipinski definition) is 0. The van der Waals surface area contributed by atoms with Gasteiger partial charge in [-0.25, -0.2) is 0 Å². The molecule has 76 valence electrons. The highest BCUT2D eigenvalue weighted by Crippen LogP contribution is 2.37. The summed E-state index contributed by atoms with van der Waals surface area (Å²) in [5, 5.41) is 10.9. The maximum absolute atomic E-state index is 10.6. The van der Waals surface area contributed by atoms with Gasteiger partial charge < -0.3 is 4.74 Å². The summed E-state index contributed by atoms with van der Waals surface area (Å²) in [6, 6.07) is 2.53. The third kappa shape index (κ3) is 2.50. The van der Waals surface area contributed by atoms with Gasteiger partial charge >= 0.3 is 5.69 Å². The van der Waals surface area contributed by atoms with E-state index in [1.807, 2.05) is 0 Å². The van der Waals surface area contributed by atoms with E-state index < -0.39 is 4.92 Å². The van der Waals surface area contributed by atoms with Crippen molar-refractivity contribution in [2.24, 2.45) is 0 Å². The number of rotatable bonds is 3. The van der Waals surface area contributed by atoms with E-state index in [0.717, 1.165) is 0 Å². The maximum Gasteiger partial charge on any atom is 0.313 e. The van der Waals surface area contributed by atoms with E-state index >= 15 is 0 Å². The minimum absolute atomic E-state index is 0.0781. The average molecular weight is 301 g/mol. The second-order valence-corrected chi connectivity index (χ2v) is 3.76. The zero-order valence-corrected chi connectivity index (χ0v) is 9.77. The predicted octanol–water partition coefficient (Wildman–Crippen LogP) is 3.59. The molecule has 1 rings (SSSR count). The molecule has 1 aromatic rings. The molecule has 14 heavy (non-hydrogen) atoms. The molecular weight excluding hydrogens is 297 g/mol. The normalized spacial score (nSPS) is 9.93. The summed E-state index contributed by atoms with van der Waals surface area (Å²) in [5.41, 5.74) is -0.218. The van der Waals surface area contributed by atoms with Crippen LogP contribution in [-0.2, 0) is 0 Å². The van der Waals surface area contributed by atoms with Gasteiger partial charge in [0.25, 0.3) is 0 Å². The topological polar surface area (TPSA) is 52.4 Å². The van der Waals surface area contributed by atoms with E-state index in [4.69, 9.17) is 27.9 Å². The molecule has 0 heterocycles. The van der Waals surface area contributed by atoms with Crippen LogP contribution in [0.15, 0.2) is 16.6 Å². The highest BCUT2D eigenvalue weighted by Gasteiger charge is 2.19. The second kappa shape index (κ2) is 4.82. The number of ether oxygens (including phenoxy) is 1. The molecule has 0 radical (unpaired) electrons. The largest absolute Gasteiger partial charge is 0.470 e. The number of alkyl halides is 1. The van der Waals surface area contributed by atoms with Crippen molar-refractivity contribution in [2.45, 2.75) is 0 Å². The molecule has 1 aromatic carbocycles. The number of nitrogens with zero attached hydrogens (tertiary/aromatic N) is 1. The second-order valence-electron chi connectivity index (χ2n) is 2.25. The smallest absolute Gasteiger partial charge is 0.313 e. The molecule has 0 saturated heterocycles. The Morgan fingerprint density at radius 3 is 2.71 bits per heavy atom. The van der Waals surface area contributed by atoms with Crippen molar-refractivity contribution >= 4 is 44.8 Å². The number of hydrogen-bond acceptors (Lipinski definition) is 3. The minimum Gasteiger partial charge on any atom is -0.470 e. The van der Waals surface area contributed by atoms with Crippen LogP contribution in [0.5, 0.6) is 5.75 Å². The first-order valence-corrected chi connectivity index (χ1v) is 5.09. The van der Waals surface area contributed by atoms with Gasteiger partial charge in [-0.2, -0.15) is 0 Å². The van der Waals surface area contributed by atoms with Crippen molar-refractivity contribution < 1.29 is 9.66 Å². The van der Waals surface area contributed by atoms with Gasteiger partial charge in [0, 0.05) is 11.1 Å². The van der Waals surface area contributed by atoms with Crippen LogP contribution in [0.4, 0.5) is 5.69 Å². The fraction of sp³-hybridized carbons (Fsp3) is 0.143. The van der Waals surface area contributed by atoms with Crippen molar-refractivity contribution in [3.63, 3.8) is 0 Å². The highest BCUT2D eigenvalue weighted by molar-refractivity contribution is 9.10. The van der Waals surface area contributed by atoms with E-state index in [-0.39, 0.29) is 22.5 Å². The molecule has 0 aliphatic carbocycles. The van der Waals surface area contributed by atoms with Gasteiger partial charge in [0.2, 0.25) is 5.75 Å². The van der Waals surface area contributed by atoms with E-state index in [0.29, 0.717) is 4.47 Å². The lowest BCUT2D eigenvalue weighted by atomic mass is 10.3. The van der Waals surface area contributed by atoms with Gasteiger partial charge in [-0.3, -0.25) is 10.1 Å². The molecule has 4 nitrogen and oxygen atoms in total. The molecule has 0 bridgehead atoms. The van der Waals surface area contributed by atoms with E-state index in [1.165, 1.54) is 12.1 Å². The van der Waals surface area contributed by atoms with Gasteiger partial charge in [-0.15, -0.1) is 0 Å². The number of nitro benzene ring substituents is 1. The van der Waals surface area contributed by atoms with Gasteiger partial charge in [0.15, 0.2) is 6.07 Å². The zero-order chi connectivity index (χ0) is 10.7. The minimum atomic E-state index is -0.585. The fourth-order valence-corrected chi connectivity index (χ4v) is 1.90. The molecule has 7 heteroatoms. The van der Waals surface area contributed by atoms with Crippen LogP contribution in [0.25, 0.3) is 0 Å². The average Bonchev–Trinajstić information content (AvgIpc) is 2.09. The standard InChI is InChI=1S/C7H4BrCl2NO3/c8-5-1-4(10)2-6(11(12)13)7(5)14-3-9/h1-2H,3H2. The molecule has 0 N–H and O–H groups in total. The van der Waals surface area contributed by atoms with Crippen LogP contribution in [0.2, 0.25) is 5.02 Å². The summed E-state index contributed by atoms with van der Waals surface area (Å²) < 4.78 is 5.30. The van der Waals surface area contributed by atoms with Crippen molar-refractivity contribution in [1.29, 1.82) is 0 Å². The van der Waals surface area contributed by atoms with Crippen LogP contribution in [0.3, 0.4) is 0 Å². The molecular formula is C7H4BrCl2NO3. The fourth-order valence-electron chi connectivity index (χ4n) is 0.880. The lowest BCUT2D eigenvalue weighted by molar-refractivity contribution is -0.385. The molecule has 0 amide bonds. The Morgan fingerprint density at radius 2 is 2.21 bits per heavy atom. The van der Waals surface area contributed by atoms with Gasteiger partial charge in [0.05, 0.1) is 9.40 Å². The van der Waals surface area contributed by atoms with Crippen LogP contribution in [0.1, 0.15) is 0 Å². The maximum atomic E-state index is 10.6. The van der Waals surface area contributed by atoms with Crippen molar-refractivity contribution in [2.75, 3.05) is 6.07 Å². The number of halogens is 3.